The lowest BCUT2D eigenvalue weighted by Crippen LogP contribution is -2.30. The lowest BCUT2D eigenvalue weighted by atomic mass is 10.1. The van der Waals surface area contributed by atoms with Crippen molar-refractivity contribution in [2.45, 2.75) is 17.2 Å². The van der Waals surface area contributed by atoms with Crippen LogP contribution in [0.1, 0.15) is 12.0 Å². The summed E-state index contributed by atoms with van der Waals surface area (Å²) in [7, 11) is 0. The maximum atomic E-state index is 11.8. The van der Waals surface area contributed by atoms with Crippen LogP contribution in [0.4, 0.5) is 0 Å². The van der Waals surface area contributed by atoms with E-state index >= 15 is 0 Å². The van der Waals surface area contributed by atoms with Crippen molar-refractivity contribution in [1.29, 1.82) is 0 Å². The van der Waals surface area contributed by atoms with Gasteiger partial charge in [-0.05, 0) is 30.5 Å². The summed E-state index contributed by atoms with van der Waals surface area (Å²) in [6.45, 7) is 0.316. The monoisotopic (exact) mass is 400 g/mol. The van der Waals surface area contributed by atoms with Crippen molar-refractivity contribution in [3.8, 4) is 0 Å². The molecule has 1 N–H and O–H groups in total. The molecule has 0 bridgehead atoms. The smallest absolute Gasteiger partial charge is 0.316 e. The minimum atomic E-state index is -0.418. The second-order valence-corrected chi connectivity index (χ2v) is 8.09. The quantitative estimate of drug-likeness (QED) is 0.337. The SMILES string of the molecule is O=C(COC(=O)CSc1nc2ccccc2s1)NCCCc1ccccc1. The highest BCUT2D eigenvalue weighted by molar-refractivity contribution is 8.01. The van der Waals surface area contributed by atoms with E-state index in [1.54, 1.807) is 11.3 Å². The third-order valence-corrected chi connectivity index (χ3v) is 5.91. The zero-order valence-electron chi connectivity index (χ0n) is 14.7. The van der Waals surface area contributed by atoms with E-state index < -0.39 is 5.97 Å². The Kier molecular flexibility index (Phi) is 7.24. The number of amides is 1. The Morgan fingerprint density at radius 1 is 1.07 bits per heavy atom. The highest BCUT2D eigenvalue weighted by Crippen LogP contribution is 2.29. The van der Waals surface area contributed by atoms with E-state index in [0.717, 1.165) is 27.4 Å². The Morgan fingerprint density at radius 2 is 1.85 bits per heavy atom. The molecule has 0 unspecified atom stereocenters. The number of nitrogens with zero attached hydrogens (tertiary/aromatic N) is 1. The van der Waals surface area contributed by atoms with E-state index in [1.807, 2.05) is 42.5 Å². The molecule has 0 saturated heterocycles. The summed E-state index contributed by atoms with van der Waals surface area (Å²) in [6, 6.07) is 17.9. The molecule has 0 aliphatic heterocycles. The third kappa shape index (κ3) is 6.37. The van der Waals surface area contributed by atoms with Crippen LogP contribution in [-0.2, 0) is 20.7 Å². The molecule has 3 aromatic rings. The number of carbonyl (C=O) groups is 2. The van der Waals surface area contributed by atoms with Gasteiger partial charge in [0.25, 0.3) is 5.91 Å². The Hall–Kier alpha value is -2.38. The molecule has 1 heterocycles. The van der Waals surface area contributed by atoms with Crippen molar-refractivity contribution in [3.63, 3.8) is 0 Å². The van der Waals surface area contributed by atoms with Gasteiger partial charge < -0.3 is 10.1 Å². The molecule has 2 aromatic carbocycles. The molecule has 5 nitrogen and oxygen atoms in total. The summed E-state index contributed by atoms with van der Waals surface area (Å²) in [5.74, 6) is -0.554. The second-order valence-electron chi connectivity index (χ2n) is 5.84. The molecule has 0 radical (unpaired) electrons. The largest absolute Gasteiger partial charge is 0.455 e. The minimum absolute atomic E-state index is 0.140. The topological polar surface area (TPSA) is 68.3 Å². The van der Waals surface area contributed by atoms with E-state index in [-0.39, 0.29) is 18.3 Å². The molecule has 1 amide bonds. The number of esters is 1. The van der Waals surface area contributed by atoms with Crippen LogP contribution < -0.4 is 5.32 Å². The molecule has 0 aliphatic rings. The van der Waals surface area contributed by atoms with Gasteiger partial charge in [-0.2, -0.15) is 0 Å². The van der Waals surface area contributed by atoms with Crippen LogP contribution in [0.15, 0.2) is 58.9 Å². The Morgan fingerprint density at radius 3 is 2.67 bits per heavy atom. The number of carbonyl (C=O) groups excluding carboxylic acids is 2. The first-order valence-electron chi connectivity index (χ1n) is 8.65. The number of nitrogens with one attached hydrogen (secondary N) is 1. The van der Waals surface area contributed by atoms with Crippen LogP contribution in [0.5, 0.6) is 0 Å². The number of rotatable bonds is 9. The first kappa shape index (κ1) is 19.4. The van der Waals surface area contributed by atoms with Crippen molar-refractivity contribution >= 4 is 45.2 Å². The normalized spacial score (nSPS) is 10.7. The number of thioether (sulfide) groups is 1. The van der Waals surface area contributed by atoms with Crippen molar-refractivity contribution in [2.24, 2.45) is 0 Å². The summed E-state index contributed by atoms with van der Waals surface area (Å²) >= 11 is 2.87. The van der Waals surface area contributed by atoms with Gasteiger partial charge in [-0.15, -0.1) is 11.3 Å². The van der Waals surface area contributed by atoms with E-state index in [2.05, 4.69) is 22.4 Å². The highest BCUT2D eigenvalue weighted by Gasteiger charge is 2.10. The second kappa shape index (κ2) is 10.1. The van der Waals surface area contributed by atoms with Gasteiger partial charge in [0.05, 0.1) is 16.0 Å². The van der Waals surface area contributed by atoms with Gasteiger partial charge in [-0.3, -0.25) is 9.59 Å². The van der Waals surface area contributed by atoms with E-state index in [0.29, 0.717) is 6.54 Å². The summed E-state index contributed by atoms with van der Waals surface area (Å²) in [6.07, 6.45) is 1.75. The van der Waals surface area contributed by atoms with Crippen LogP contribution in [0.2, 0.25) is 0 Å². The summed E-state index contributed by atoms with van der Waals surface area (Å²) in [4.78, 5) is 28.0. The zero-order chi connectivity index (χ0) is 18.9. The van der Waals surface area contributed by atoms with E-state index in [9.17, 15) is 9.59 Å². The van der Waals surface area contributed by atoms with Crippen molar-refractivity contribution < 1.29 is 14.3 Å². The highest BCUT2D eigenvalue weighted by atomic mass is 32.2. The Balaban J connectivity index is 1.29. The van der Waals surface area contributed by atoms with Gasteiger partial charge in [0.15, 0.2) is 10.9 Å². The maximum Gasteiger partial charge on any atom is 0.316 e. The molecule has 0 saturated carbocycles. The zero-order valence-corrected chi connectivity index (χ0v) is 16.4. The Bertz CT molecular complexity index is 863. The molecule has 0 aliphatic carbocycles. The molecule has 1 aromatic heterocycles. The number of hydrogen-bond donors (Lipinski definition) is 1. The average molecular weight is 401 g/mol. The van der Waals surface area contributed by atoms with Crippen LogP contribution in [0.25, 0.3) is 10.2 Å². The number of fused-ring (bicyclic) bond motifs is 1. The molecule has 3 rings (SSSR count). The number of aryl methyl sites for hydroxylation is 1. The maximum absolute atomic E-state index is 11.8. The number of para-hydroxylation sites is 1. The number of benzene rings is 2. The molecule has 7 heteroatoms. The molecular formula is C20H20N2O3S2. The van der Waals surface area contributed by atoms with Crippen LogP contribution in [0, 0.1) is 0 Å². The lowest BCUT2D eigenvalue weighted by molar-refractivity contribution is -0.145. The van der Waals surface area contributed by atoms with Gasteiger partial charge in [0.1, 0.15) is 0 Å². The predicted octanol–water partition coefficient (Wildman–Crippen LogP) is 3.68. The fourth-order valence-corrected chi connectivity index (χ4v) is 4.30. The summed E-state index contributed by atoms with van der Waals surface area (Å²) < 4.78 is 6.92. The molecule has 27 heavy (non-hydrogen) atoms. The molecule has 140 valence electrons. The summed E-state index contributed by atoms with van der Waals surface area (Å²) in [5.41, 5.74) is 2.17. The van der Waals surface area contributed by atoms with Crippen LogP contribution in [0.3, 0.4) is 0 Å². The average Bonchev–Trinajstić information content (AvgIpc) is 3.12. The summed E-state index contributed by atoms with van der Waals surface area (Å²) in [5, 5.41) is 2.77. The number of ether oxygens (including phenoxy) is 1. The Labute approximate surface area is 166 Å². The van der Waals surface area contributed by atoms with Gasteiger partial charge in [0, 0.05) is 6.54 Å². The van der Waals surface area contributed by atoms with Crippen molar-refractivity contribution in [2.75, 3.05) is 18.9 Å². The van der Waals surface area contributed by atoms with E-state index in [1.165, 1.54) is 17.3 Å². The number of thiazole rings is 1. The minimum Gasteiger partial charge on any atom is -0.455 e. The van der Waals surface area contributed by atoms with Crippen molar-refractivity contribution in [1.82, 2.24) is 10.3 Å². The fraction of sp³-hybridized carbons (Fsp3) is 0.250. The number of hydrogen-bond acceptors (Lipinski definition) is 6. The van der Waals surface area contributed by atoms with Crippen LogP contribution in [-0.4, -0.2) is 35.8 Å². The predicted molar refractivity (Wildman–Crippen MR) is 109 cm³/mol. The van der Waals surface area contributed by atoms with Gasteiger partial charge in [-0.25, -0.2) is 4.98 Å². The standard InChI is InChI=1S/C20H20N2O3S2/c23-18(21-12-6-9-15-7-2-1-3-8-15)13-25-19(24)14-26-20-22-16-10-4-5-11-17(16)27-20/h1-5,7-8,10-11H,6,9,12-14H2,(H,21,23). The number of aromatic nitrogens is 1. The van der Waals surface area contributed by atoms with Crippen LogP contribution >= 0.6 is 23.1 Å². The fourth-order valence-electron chi connectivity index (χ4n) is 2.44. The molecule has 0 fully saturated rings. The molecule has 0 atom stereocenters. The first-order chi connectivity index (χ1) is 13.2. The van der Waals surface area contributed by atoms with Gasteiger partial charge >= 0.3 is 5.97 Å². The first-order valence-corrected chi connectivity index (χ1v) is 10.5. The lowest BCUT2D eigenvalue weighted by Gasteiger charge is -2.06. The van der Waals surface area contributed by atoms with Crippen molar-refractivity contribution in [3.05, 3.63) is 60.2 Å². The van der Waals surface area contributed by atoms with Gasteiger partial charge in [-0.1, -0.05) is 54.2 Å². The molecule has 0 spiro atoms. The van der Waals surface area contributed by atoms with Gasteiger partial charge in [0.2, 0.25) is 0 Å². The van der Waals surface area contributed by atoms with E-state index in [4.69, 9.17) is 4.74 Å². The molecular weight excluding hydrogens is 380 g/mol. The third-order valence-electron chi connectivity index (χ3n) is 3.76.